The van der Waals surface area contributed by atoms with Gasteiger partial charge in [0.1, 0.15) is 13.2 Å². The number of hydrogen-bond donors (Lipinski definition) is 3. The van der Waals surface area contributed by atoms with E-state index in [0.29, 0.717) is 17.4 Å². The summed E-state index contributed by atoms with van der Waals surface area (Å²) in [5, 5.41) is 14.0. The van der Waals surface area contributed by atoms with Crippen LogP contribution in [0.1, 0.15) is 277 Å². The number of amides is 1. The lowest BCUT2D eigenvalue weighted by Gasteiger charge is -2.25. The summed E-state index contributed by atoms with van der Waals surface area (Å²) in [6.07, 6.45) is 104. The predicted molar refractivity (Wildman–Crippen MR) is 382 cm³/mol. The van der Waals surface area contributed by atoms with Gasteiger partial charge in [-0.25, -0.2) is 4.57 Å². The van der Waals surface area contributed by atoms with Gasteiger partial charge in [0.15, 0.2) is 0 Å². The Morgan fingerprint density at radius 2 is 0.701 bits per heavy atom. The average Bonchev–Trinajstić information content (AvgIpc) is 3.69. The van der Waals surface area contributed by atoms with E-state index >= 15 is 0 Å². The smallest absolute Gasteiger partial charge is 0.387 e. The normalized spacial score (nSPS) is 14.6. The number of aliphatic hydroxyl groups excluding tert-OH is 1. The highest BCUT2D eigenvalue weighted by atomic mass is 31.2. The summed E-state index contributed by atoms with van der Waals surface area (Å²) in [6.45, 7) is 4.67. The molecule has 0 saturated heterocycles. The number of likely N-dealkylation sites (N-methyl/N-ethyl adjacent to an activating group) is 1. The Kier molecular flexibility index (Phi) is 63.6. The van der Waals surface area contributed by atoms with Crippen molar-refractivity contribution in [1.82, 2.24) is 5.32 Å². The van der Waals surface area contributed by atoms with Crippen LogP contribution in [0.25, 0.3) is 0 Å². The summed E-state index contributed by atoms with van der Waals surface area (Å²) in [4.78, 5) is 23.4. The second-order valence-corrected chi connectivity index (χ2v) is 26.0. The Morgan fingerprint density at radius 3 is 1.06 bits per heavy atom. The number of hydrogen-bond acceptors (Lipinski definition) is 5. The molecule has 0 rings (SSSR count). The van der Waals surface area contributed by atoms with Crippen molar-refractivity contribution in [2.45, 2.75) is 289 Å². The third-order valence-electron chi connectivity index (χ3n) is 15.0. The fraction of sp³-hybridized carbons (Fsp3) is 0.654. The molecule has 0 heterocycles. The first-order chi connectivity index (χ1) is 42.5. The molecule has 3 atom stereocenters. The fourth-order valence-corrected chi connectivity index (χ4v) is 10.3. The largest absolute Gasteiger partial charge is 0.472 e. The molecule has 0 saturated carbocycles. The molecule has 3 unspecified atom stereocenters. The highest BCUT2D eigenvalue weighted by Crippen LogP contribution is 2.43. The van der Waals surface area contributed by atoms with Gasteiger partial charge in [-0.15, -0.1) is 0 Å². The van der Waals surface area contributed by atoms with Gasteiger partial charge in [0.25, 0.3) is 0 Å². The topological polar surface area (TPSA) is 105 Å². The van der Waals surface area contributed by atoms with Gasteiger partial charge >= 0.3 is 7.82 Å². The van der Waals surface area contributed by atoms with Gasteiger partial charge in [-0.3, -0.25) is 13.8 Å². The lowest BCUT2D eigenvalue weighted by atomic mass is 10.0. The molecular weight excluding hydrogens is 1090 g/mol. The molecule has 0 fully saturated rings. The summed E-state index contributed by atoms with van der Waals surface area (Å²) in [7, 11) is 1.52. The van der Waals surface area contributed by atoms with E-state index in [1.54, 1.807) is 6.08 Å². The van der Waals surface area contributed by atoms with Crippen LogP contribution < -0.4 is 5.32 Å². The van der Waals surface area contributed by atoms with Gasteiger partial charge in [-0.1, -0.05) is 313 Å². The number of aliphatic hydroxyl groups is 1. The molecule has 1 amide bonds. The summed E-state index contributed by atoms with van der Waals surface area (Å²) >= 11 is 0. The molecule has 0 aliphatic carbocycles. The van der Waals surface area contributed by atoms with Crippen LogP contribution in [0.4, 0.5) is 0 Å². The Bertz CT molecular complexity index is 1980. The highest BCUT2D eigenvalue weighted by molar-refractivity contribution is 7.47. The second-order valence-electron chi connectivity index (χ2n) is 24.5. The highest BCUT2D eigenvalue weighted by Gasteiger charge is 2.28. The first kappa shape index (κ1) is 83.1. The van der Waals surface area contributed by atoms with E-state index in [-0.39, 0.29) is 19.1 Å². The van der Waals surface area contributed by atoms with Crippen molar-refractivity contribution in [3.8, 4) is 0 Å². The summed E-state index contributed by atoms with van der Waals surface area (Å²) in [6, 6.07) is -0.888. The maximum atomic E-state index is 13.0. The van der Waals surface area contributed by atoms with E-state index in [1.807, 2.05) is 27.2 Å². The minimum Gasteiger partial charge on any atom is -0.387 e. The Morgan fingerprint density at radius 1 is 0.402 bits per heavy atom. The van der Waals surface area contributed by atoms with Gasteiger partial charge in [0.2, 0.25) is 5.91 Å². The van der Waals surface area contributed by atoms with E-state index in [9.17, 15) is 19.4 Å². The lowest BCUT2D eigenvalue weighted by molar-refractivity contribution is -0.870. The molecule has 0 aromatic carbocycles. The van der Waals surface area contributed by atoms with E-state index in [0.717, 1.165) is 128 Å². The monoisotopic (exact) mass is 1230 g/mol. The van der Waals surface area contributed by atoms with Crippen molar-refractivity contribution in [1.29, 1.82) is 0 Å². The summed E-state index contributed by atoms with van der Waals surface area (Å²) in [5.74, 6) is -0.210. The predicted octanol–water partition coefficient (Wildman–Crippen LogP) is 22.9. The van der Waals surface area contributed by atoms with Crippen molar-refractivity contribution >= 4 is 13.7 Å². The molecule has 0 aliphatic heterocycles. The maximum absolute atomic E-state index is 13.0. The minimum absolute atomic E-state index is 0.0440. The van der Waals surface area contributed by atoms with Crippen LogP contribution in [0.5, 0.6) is 0 Å². The zero-order valence-corrected chi connectivity index (χ0v) is 57.6. The summed E-state index contributed by atoms with van der Waals surface area (Å²) < 4.78 is 23.8. The quantitative estimate of drug-likeness (QED) is 0.0243. The zero-order chi connectivity index (χ0) is 63.4. The van der Waals surface area contributed by atoms with Crippen molar-refractivity contribution in [2.75, 3.05) is 40.9 Å². The van der Waals surface area contributed by atoms with E-state index < -0.39 is 20.0 Å². The van der Waals surface area contributed by atoms with Crippen molar-refractivity contribution in [3.05, 3.63) is 158 Å². The molecule has 9 heteroatoms. The van der Waals surface area contributed by atoms with Crippen LogP contribution in [0.3, 0.4) is 0 Å². The number of nitrogens with one attached hydrogen (secondary N) is 1. The number of carbonyl (C=O) groups is 1. The third kappa shape index (κ3) is 69.5. The molecule has 0 aromatic rings. The zero-order valence-electron chi connectivity index (χ0n) is 56.7. The Hall–Kier alpha value is -3.88. The molecule has 0 radical (unpaired) electrons. The number of phosphoric ester groups is 1. The molecule has 8 nitrogen and oxygen atoms in total. The molecule has 0 spiro atoms. The fourth-order valence-electron chi connectivity index (χ4n) is 9.53. The molecule has 0 aliphatic rings. The number of allylic oxidation sites excluding steroid dienone is 25. The van der Waals surface area contributed by atoms with Crippen LogP contribution in [-0.4, -0.2) is 73.4 Å². The van der Waals surface area contributed by atoms with Gasteiger partial charge in [0, 0.05) is 6.42 Å². The molecule has 3 N–H and O–H groups in total. The second kappa shape index (κ2) is 66.5. The molecule has 0 bridgehead atoms. The van der Waals surface area contributed by atoms with Crippen LogP contribution in [0.15, 0.2) is 158 Å². The van der Waals surface area contributed by atoms with Crippen LogP contribution in [-0.2, 0) is 18.4 Å². The van der Waals surface area contributed by atoms with Gasteiger partial charge < -0.3 is 19.8 Å². The Labute approximate surface area is 537 Å². The van der Waals surface area contributed by atoms with Gasteiger partial charge in [0.05, 0.1) is 39.9 Å². The maximum Gasteiger partial charge on any atom is 0.472 e. The van der Waals surface area contributed by atoms with Crippen LogP contribution in [0, 0.1) is 0 Å². The average molecular weight is 1230 g/mol. The molecule has 496 valence electrons. The standard InChI is InChI=1S/C78H133N2O6P/c1-6-8-10-12-14-16-18-20-22-24-26-28-30-32-34-35-36-37-38-39-40-41-42-43-44-45-46-48-50-52-54-56-58-60-62-64-66-68-70-72-78(82)79-76(75-86-87(83,84)85-74-73-80(3,4)5)77(81)71-69-67-65-63-61-59-57-55-53-51-49-47-33-31-29-27-25-23-21-19-17-15-13-11-9-7-2/h8,10,14,16,20,22,26,28,32,34,36-37,39-40,42-43,45-46,50,52,56,58,61,63,69,71,76-77,81H,6-7,9,11-13,15,17-19,21,23-25,27,29-31,33,35,38,41,44,47-49,51,53-55,57,59-60,62,64-68,70,72-75H2,1-5H3,(H-,79,82,83,84)/p+1/b10-8-,16-14-,22-20-,28-26-,34-32-,37-36-,40-39-,43-42-,46-45-,52-50-,58-56-,63-61+,71-69+. The Balaban J connectivity index is 4.23. The van der Waals surface area contributed by atoms with Crippen LogP contribution in [0.2, 0.25) is 0 Å². The number of nitrogens with zero attached hydrogens (tertiary/aromatic N) is 1. The number of phosphoric acid groups is 1. The van der Waals surface area contributed by atoms with Gasteiger partial charge in [-0.05, 0) is 116 Å². The molecule has 0 aromatic heterocycles. The van der Waals surface area contributed by atoms with Crippen LogP contribution >= 0.6 is 7.82 Å². The molecule has 87 heavy (non-hydrogen) atoms. The SMILES string of the molecule is CC/C=C\C/C=C\C/C=C\C/C=C\C/C=C\C/C=C\C/C=C\C/C=C\C/C=C\C/C=C\C/C=C\CCCCCCCC(=O)NC(COP(=O)(O)OCC[N+](C)(C)C)C(O)/C=C/CC/C=C/CCCCCCCCCCCCCCCCCCCCCC. The van der Waals surface area contributed by atoms with Crippen molar-refractivity contribution in [2.24, 2.45) is 0 Å². The number of quaternary nitrogens is 1. The van der Waals surface area contributed by atoms with Crippen molar-refractivity contribution < 1.29 is 32.9 Å². The summed E-state index contributed by atoms with van der Waals surface area (Å²) in [5.41, 5.74) is 0. The van der Waals surface area contributed by atoms with E-state index in [4.69, 9.17) is 9.05 Å². The third-order valence-corrected chi connectivity index (χ3v) is 16.0. The number of rotatable bonds is 63. The number of unbranched alkanes of at least 4 members (excludes halogenated alkanes) is 26. The van der Waals surface area contributed by atoms with Gasteiger partial charge in [-0.2, -0.15) is 0 Å². The minimum atomic E-state index is -4.38. The van der Waals surface area contributed by atoms with E-state index in [2.05, 4.69) is 165 Å². The number of carbonyl (C=O) groups excluding carboxylic acids is 1. The van der Waals surface area contributed by atoms with E-state index in [1.165, 1.54) is 128 Å². The first-order valence-corrected chi connectivity index (χ1v) is 36.9. The lowest BCUT2D eigenvalue weighted by Crippen LogP contribution is -2.45. The van der Waals surface area contributed by atoms with Crippen molar-refractivity contribution in [3.63, 3.8) is 0 Å². The molecular formula is C78H134N2O6P+. The first-order valence-electron chi connectivity index (χ1n) is 35.4.